The molecule has 8 heteroatoms. The number of amides is 3. The molecule has 0 saturated carbocycles. The standard InChI is InChI=1S/C25H31N3O5/c1-17(2)18-7-11-21(12-8-18)33-16-23(29)28-20-9-5-19(6-10-20)24(30)26-13-14-27-25(31)22-4-3-15-32-22/h5-12,17,22H,3-4,13-16H2,1-2H3,(H,26,30)(H,27,31)(H,28,29). The van der Waals surface area contributed by atoms with E-state index in [-0.39, 0.29) is 30.4 Å². The Morgan fingerprint density at radius 2 is 1.70 bits per heavy atom. The van der Waals surface area contributed by atoms with Crippen molar-refractivity contribution < 1.29 is 23.9 Å². The summed E-state index contributed by atoms with van der Waals surface area (Å²) in [6.45, 7) is 5.38. The highest BCUT2D eigenvalue weighted by Crippen LogP contribution is 2.18. The number of ether oxygens (including phenoxy) is 2. The largest absolute Gasteiger partial charge is 0.484 e. The van der Waals surface area contributed by atoms with E-state index in [2.05, 4.69) is 29.8 Å². The van der Waals surface area contributed by atoms with E-state index in [4.69, 9.17) is 9.47 Å². The maximum atomic E-state index is 12.2. The van der Waals surface area contributed by atoms with Gasteiger partial charge in [0.05, 0.1) is 0 Å². The number of carbonyl (C=O) groups excluding carboxylic acids is 3. The van der Waals surface area contributed by atoms with Gasteiger partial charge in [0.25, 0.3) is 11.8 Å². The molecular weight excluding hydrogens is 422 g/mol. The molecule has 3 amide bonds. The fourth-order valence-corrected chi connectivity index (χ4v) is 3.36. The number of carbonyl (C=O) groups is 3. The molecule has 1 aliphatic rings. The lowest BCUT2D eigenvalue weighted by Gasteiger charge is -2.11. The molecule has 1 atom stereocenters. The second-order valence-corrected chi connectivity index (χ2v) is 8.19. The summed E-state index contributed by atoms with van der Waals surface area (Å²) < 4.78 is 10.8. The van der Waals surface area contributed by atoms with Gasteiger partial charge in [0.1, 0.15) is 11.9 Å². The third-order valence-corrected chi connectivity index (χ3v) is 5.28. The Hall–Kier alpha value is -3.39. The molecule has 1 heterocycles. The topological polar surface area (TPSA) is 106 Å². The third-order valence-electron chi connectivity index (χ3n) is 5.28. The van der Waals surface area contributed by atoms with E-state index in [9.17, 15) is 14.4 Å². The van der Waals surface area contributed by atoms with Crippen LogP contribution < -0.4 is 20.7 Å². The maximum absolute atomic E-state index is 12.2. The van der Waals surface area contributed by atoms with Gasteiger partial charge in [-0.2, -0.15) is 0 Å². The quantitative estimate of drug-likeness (QED) is 0.480. The van der Waals surface area contributed by atoms with E-state index < -0.39 is 0 Å². The monoisotopic (exact) mass is 453 g/mol. The van der Waals surface area contributed by atoms with Crippen molar-refractivity contribution in [2.24, 2.45) is 0 Å². The Balaban J connectivity index is 1.36. The van der Waals surface area contributed by atoms with Gasteiger partial charge in [0.2, 0.25) is 5.91 Å². The summed E-state index contributed by atoms with van der Waals surface area (Å²) in [5, 5.41) is 8.25. The van der Waals surface area contributed by atoms with Crippen molar-refractivity contribution in [1.82, 2.24) is 10.6 Å². The third kappa shape index (κ3) is 7.61. The van der Waals surface area contributed by atoms with Crippen molar-refractivity contribution >= 4 is 23.4 Å². The summed E-state index contributed by atoms with van der Waals surface area (Å²) in [7, 11) is 0. The zero-order valence-electron chi connectivity index (χ0n) is 19.1. The highest BCUT2D eigenvalue weighted by Gasteiger charge is 2.22. The summed E-state index contributed by atoms with van der Waals surface area (Å²) >= 11 is 0. The number of benzene rings is 2. The molecule has 1 fully saturated rings. The van der Waals surface area contributed by atoms with Gasteiger partial charge in [-0.05, 0) is 60.7 Å². The van der Waals surface area contributed by atoms with Crippen molar-refractivity contribution in [2.75, 3.05) is 31.6 Å². The number of hydrogen-bond donors (Lipinski definition) is 3. The number of nitrogens with one attached hydrogen (secondary N) is 3. The van der Waals surface area contributed by atoms with Crippen LogP contribution in [0.25, 0.3) is 0 Å². The molecule has 8 nitrogen and oxygen atoms in total. The molecule has 33 heavy (non-hydrogen) atoms. The summed E-state index contributed by atoms with van der Waals surface area (Å²) in [4.78, 5) is 36.3. The first-order valence-electron chi connectivity index (χ1n) is 11.2. The fraction of sp³-hybridized carbons (Fsp3) is 0.400. The smallest absolute Gasteiger partial charge is 0.262 e. The number of hydrogen-bond acceptors (Lipinski definition) is 5. The van der Waals surface area contributed by atoms with Crippen LogP contribution in [0.4, 0.5) is 5.69 Å². The molecule has 1 unspecified atom stereocenters. The van der Waals surface area contributed by atoms with Crippen LogP contribution in [-0.2, 0) is 14.3 Å². The highest BCUT2D eigenvalue weighted by molar-refractivity contribution is 5.96. The summed E-state index contributed by atoms with van der Waals surface area (Å²) in [5.41, 5.74) is 2.23. The minimum Gasteiger partial charge on any atom is -0.484 e. The van der Waals surface area contributed by atoms with E-state index in [0.29, 0.717) is 42.6 Å². The molecule has 0 bridgehead atoms. The molecular formula is C25H31N3O5. The molecule has 1 saturated heterocycles. The lowest BCUT2D eigenvalue weighted by Crippen LogP contribution is -2.39. The zero-order chi connectivity index (χ0) is 23.6. The molecule has 3 N–H and O–H groups in total. The minimum absolute atomic E-state index is 0.110. The van der Waals surface area contributed by atoms with E-state index in [0.717, 1.165) is 12.8 Å². The van der Waals surface area contributed by atoms with Gasteiger partial charge in [-0.25, -0.2) is 0 Å². The van der Waals surface area contributed by atoms with Crippen LogP contribution in [0.3, 0.4) is 0 Å². The first-order valence-corrected chi connectivity index (χ1v) is 11.2. The van der Waals surface area contributed by atoms with Gasteiger partial charge in [-0.1, -0.05) is 26.0 Å². The predicted octanol–water partition coefficient (Wildman–Crippen LogP) is 2.85. The van der Waals surface area contributed by atoms with E-state index in [1.807, 2.05) is 24.3 Å². The molecule has 0 spiro atoms. The Morgan fingerprint density at radius 1 is 1.00 bits per heavy atom. The molecule has 3 rings (SSSR count). The summed E-state index contributed by atoms with van der Waals surface area (Å²) in [6, 6.07) is 14.2. The van der Waals surface area contributed by atoms with Gasteiger partial charge in [-0.3, -0.25) is 14.4 Å². The lowest BCUT2D eigenvalue weighted by molar-refractivity contribution is -0.130. The number of rotatable bonds is 10. The molecule has 2 aromatic rings. The van der Waals surface area contributed by atoms with Gasteiger partial charge in [0, 0.05) is 30.9 Å². The van der Waals surface area contributed by atoms with Gasteiger partial charge in [-0.15, -0.1) is 0 Å². The average Bonchev–Trinajstić information content (AvgIpc) is 3.36. The maximum Gasteiger partial charge on any atom is 0.262 e. The van der Waals surface area contributed by atoms with Crippen molar-refractivity contribution in [2.45, 2.75) is 38.7 Å². The van der Waals surface area contributed by atoms with Crippen LogP contribution >= 0.6 is 0 Å². The van der Waals surface area contributed by atoms with Crippen LogP contribution in [0.5, 0.6) is 5.75 Å². The van der Waals surface area contributed by atoms with Gasteiger partial charge < -0.3 is 25.4 Å². The van der Waals surface area contributed by atoms with E-state index >= 15 is 0 Å². The second kappa shape index (κ2) is 12.0. The first-order chi connectivity index (χ1) is 15.9. The van der Waals surface area contributed by atoms with Crippen molar-refractivity contribution in [3.8, 4) is 5.75 Å². The van der Waals surface area contributed by atoms with Crippen molar-refractivity contribution in [1.29, 1.82) is 0 Å². The molecule has 176 valence electrons. The molecule has 0 aromatic heterocycles. The second-order valence-electron chi connectivity index (χ2n) is 8.19. The molecule has 0 aliphatic carbocycles. The van der Waals surface area contributed by atoms with Gasteiger partial charge in [0.15, 0.2) is 6.61 Å². The minimum atomic E-state index is -0.376. The van der Waals surface area contributed by atoms with Crippen LogP contribution in [0.1, 0.15) is 48.5 Å². The highest BCUT2D eigenvalue weighted by atomic mass is 16.5. The Labute approximate surface area is 194 Å². The Bertz CT molecular complexity index is 936. The Morgan fingerprint density at radius 3 is 2.33 bits per heavy atom. The van der Waals surface area contributed by atoms with Crippen LogP contribution in [0.2, 0.25) is 0 Å². The first kappa shape index (κ1) is 24.3. The molecule has 2 aromatic carbocycles. The van der Waals surface area contributed by atoms with Gasteiger partial charge >= 0.3 is 0 Å². The lowest BCUT2D eigenvalue weighted by atomic mass is 10.0. The molecule has 1 aliphatic heterocycles. The van der Waals surface area contributed by atoms with Crippen LogP contribution in [0.15, 0.2) is 48.5 Å². The van der Waals surface area contributed by atoms with Crippen LogP contribution in [-0.4, -0.2) is 50.1 Å². The average molecular weight is 454 g/mol. The predicted molar refractivity (Wildman–Crippen MR) is 125 cm³/mol. The van der Waals surface area contributed by atoms with Crippen LogP contribution in [0, 0.1) is 0 Å². The van der Waals surface area contributed by atoms with E-state index in [1.165, 1.54) is 5.56 Å². The summed E-state index contributed by atoms with van der Waals surface area (Å²) in [6.07, 6.45) is 1.25. The fourth-order valence-electron chi connectivity index (χ4n) is 3.36. The normalized spacial score (nSPS) is 15.2. The Kier molecular flexibility index (Phi) is 8.83. The molecule has 0 radical (unpaired) electrons. The number of anilines is 1. The van der Waals surface area contributed by atoms with Crippen molar-refractivity contribution in [3.05, 3.63) is 59.7 Å². The van der Waals surface area contributed by atoms with E-state index in [1.54, 1.807) is 24.3 Å². The zero-order valence-corrected chi connectivity index (χ0v) is 19.1. The summed E-state index contributed by atoms with van der Waals surface area (Å²) in [5.74, 6) is 0.381. The SMILES string of the molecule is CC(C)c1ccc(OCC(=O)Nc2ccc(C(=O)NCCNC(=O)C3CCCO3)cc2)cc1. The van der Waals surface area contributed by atoms with Crippen molar-refractivity contribution in [3.63, 3.8) is 0 Å².